The third kappa shape index (κ3) is 3.16. The molecule has 0 bridgehead atoms. The summed E-state index contributed by atoms with van der Waals surface area (Å²) >= 11 is 1.73. The Kier molecular flexibility index (Phi) is 4.59. The van der Waals surface area contributed by atoms with E-state index in [-0.39, 0.29) is 5.91 Å². The largest absolute Gasteiger partial charge is 0.322 e. The highest BCUT2D eigenvalue weighted by atomic mass is 32.1. The molecule has 0 atom stereocenters. The van der Waals surface area contributed by atoms with Gasteiger partial charge in [0.05, 0.1) is 18.1 Å². The van der Waals surface area contributed by atoms with Crippen molar-refractivity contribution in [2.45, 2.75) is 32.1 Å². The molecule has 0 saturated carbocycles. The highest BCUT2D eigenvalue weighted by molar-refractivity contribution is 7.15. The maximum atomic E-state index is 13.1. The van der Waals surface area contributed by atoms with Gasteiger partial charge in [0.2, 0.25) is 0 Å². The number of carbonyl (C=O) groups excluding carboxylic acids is 1. The van der Waals surface area contributed by atoms with Crippen LogP contribution in [0.2, 0.25) is 0 Å². The minimum absolute atomic E-state index is 0.0545. The molecule has 1 aliphatic carbocycles. The summed E-state index contributed by atoms with van der Waals surface area (Å²) in [4.78, 5) is 14.4. The minimum Gasteiger partial charge on any atom is -0.322 e. The normalized spacial score (nSPS) is 13.0. The second-order valence-electron chi connectivity index (χ2n) is 6.47. The molecule has 0 aliphatic heterocycles. The summed E-state index contributed by atoms with van der Waals surface area (Å²) in [7, 11) is 0. The molecule has 1 amide bonds. The first-order valence-corrected chi connectivity index (χ1v) is 9.63. The molecule has 1 aromatic carbocycles. The van der Waals surface area contributed by atoms with Gasteiger partial charge in [-0.05, 0) is 61.1 Å². The standard InChI is InChI=1S/C21H19N3OS/c22-12-11-15-7-9-16(10-8-15)23-20(25)19-17-5-1-2-6-18(17)26-21(19)24-13-3-4-14-24/h3-4,7-10,13-14H,1-2,5-6,11H2,(H,23,25). The second kappa shape index (κ2) is 7.19. The number of aromatic nitrogens is 1. The fraction of sp³-hybridized carbons (Fsp3) is 0.238. The minimum atomic E-state index is -0.0545. The van der Waals surface area contributed by atoms with E-state index in [0.29, 0.717) is 6.42 Å². The van der Waals surface area contributed by atoms with Crippen molar-refractivity contribution in [3.05, 3.63) is 70.4 Å². The quantitative estimate of drug-likeness (QED) is 0.730. The zero-order valence-electron chi connectivity index (χ0n) is 14.4. The fourth-order valence-electron chi connectivity index (χ4n) is 3.43. The van der Waals surface area contributed by atoms with E-state index in [2.05, 4.69) is 11.4 Å². The van der Waals surface area contributed by atoms with Crippen molar-refractivity contribution >= 4 is 22.9 Å². The summed E-state index contributed by atoms with van der Waals surface area (Å²) in [5.41, 5.74) is 3.72. The third-order valence-electron chi connectivity index (χ3n) is 4.71. The lowest BCUT2D eigenvalue weighted by molar-refractivity contribution is 0.102. The number of carbonyl (C=O) groups is 1. The van der Waals surface area contributed by atoms with Crippen molar-refractivity contribution in [2.24, 2.45) is 0 Å². The molecular weight excluding hydrogens is 342 g/mol. The summed E-state index contributed by atoms with van der Waals surface area (Å²) in [5.74, 6) is -0.0545. The van der Waals surface area contributed by atoms with Crippen LogP contribution in [0.5, 0.6) is 0 Å². The van der Waals surface area contributed by atoms with Crippen LogP contribution in [0.15, 0.2) is 48.8 Å². The van der Waals surface area contributed by atoms with Crippen molar-refractivity contribution in [1.29, 1.82) is 5.26 Å². The Hall–Kier alpha value is -2.84. The first-order chi connectivity index (χ1) is 12.8. The molecule has 1 aliphatic rings. The number of hydrogen-bond donors (Lipinski definition) is 1. The molecule has 0 saturated heterocycles. The molecule has 2 aromatic heterocycles. The maximum Gasteiger partial charge on any atom is 0.258 e. The lowest BCUT2D eigenvalue weighted by atomic mass is 9.95. The predicted octanol–water partition coefficient (Wildman–Crippen LogP) is 4.74. The van der Waals surface area contributed by atoms with Crippen molar-refractivity contribution < 1.29 is 4.79 Å². The van der Waals surface area contributed by atoms with Gasteiger partial charge in [0.15, 0.2) is 0 Å². The molecular formula is C21H19N3OS. The highest BCUT2D eigenvalue weighted by Crippen LogP contribution is 2.37. The van der Waals surface area contributed by atoms with Gasteiger partial charge in [0.1, 0.15) is 5.00 Å². The lowest BCUT2D eigenvalue weighted by Crippen LogP contribution is -2.16. The van der Waals surface area contributed by atoms with Crippen LogP contribution in [0.4, 0.5) is 5.69 Å². The Labute approximate surface area is 156 Å². The smallest absolute Gasteiger partial charge is 0.258 e. The van der Waals surface area contributed by atoms with Gasteiger partial charge >= 0.3 is 0 Å². The number of thiophene rings is 1. The molecule has 4 nitrogen and oxygen atoms in total. The predicted molar refractivity (Wildman–Crippen MR) is 104 cm³/mol. The molecule has 0 spiro atoms. The van der Waals surface area contributed by atoms with E-state index < -0.39 is 0 Å². The molecule has 5 heteroatoms. The van der Waals surface area contributed by atoms with E-state index in [4.69, 9.17) is 5.26 Å². The molecule has 3 aromatic rings. The number of nitrogens with one attached hydrogen (secondary N) is 1. The summed E-state index contributed by atoms with van der Waals surface area (Å²) in [6, 6.07) is 13.6. The monoisotopic (exact) mass is 361 g/mol. The SMILES string of the molecule is N#CCc1ccc(NC(=O)c2c(-n3cccc3)sc3c2CCCC3)cc1. The van der Waals surface area contributed by atoms with E-state index in [1.807, 2.05) is 53.4 Å². The number of aryl methyl sites for hydroxylation is 1. The van der Waals surface area contributed by atoms with Gasteiger partial charge in [-0.15, -0.1) is 11.3 Å². The second-order valence-corrected chi connectivity index (χ2v) is 7.55. The molecule has 26 heavy (non-hydrogen) atoms. The Morgan fingerprint density at radius 2 is 1.88 bits per heavy atom. The van der Waals surface area contributed by atoms with E-state index >= 15 is 0 Å². The van der Waals surface area contributed by atoms with Crippen LogP contribution in [0.3, 0.4) is 0 Å². The van der Waals surface area contributed by atoms with Crippen LogP contribution in [0.25, 0.3) is 5.00 Å². The van der Waals surface area contributed by atoms with Gasteiger partial charge in [-0.25, -0.2) is 0 Å². The highest BCUT2D eigenvalue weighted by Gasteiger charge is 2.26. The number of anilines is 1. The van der Waals surface area contributed by atoms with Gasteiger partial charge < -0.3 is 9.88 Å². The van der Waals surface area contributed by atoms with Gasteiger partial charge in [-0.1, -0.05) is 12.1 Å². The molecule has 0 unspecified atom stereocenters. The number of nitrogens with zero attached hydrogens (tertiary/aromatic N) is 2. The van der Waals surface area contributed by atoms with Crippen molar-refractivity contribution in [2.75, 3.05) is 5.32 Å². The molecule has 4 rings (SSSR count). The third-order valence-corrected chi connectivity index (χ3v) is 6.02. The fourth-order valence-corrected chi connectivity index (χ4v) is 4.78. The van der Waals surface area contributed by atoms with E-state index in [0.717, 1.165) is 41.1 Å². The van der Waals surface area contributed by atoms with Crippen LogP contribution < -0.4 is 5.32 Å². The molecule has 0 fully saturated rings. The molecule has 130 valence electrons. The van der Waals surface area contributed by atoms with Crippen LogP contribution in [0.1, 0.15) is 39.2 Å². The van der Waals surface area contributed by atoms with E-state index in [9.17, 15) is 4.79 Å². The van der Waals surface area contributed by atoms with E-state index in [1.165, 1.54) is 16.9 Å². The summed E-state index contributed by atoms with van der Waals surface area (Å²) in [6.07, 6.45) is 8.72. The Morgan fingerprint density at radius 1 is 1.15 bits per heavy atom. The summed E-state index contributed by atoms with van der Waals surface area (Å²) in [5, 5.41) is 12.8. The average molecular weight is 361 g/mol. The Morgan fingerprint density at radius 3 is 2.62 bits per heavy atom. The number of rotatable bonds is 4. The average Bonchev–Trinajstić information content (AvgIpc) is 3.31. The van der Waals surface area contributed by atoms with Gasteiger partial charge in [-0.2, -0.15) is 5.26 Å². The Balaban J connectivity index is 1.67. The lowest BCUT2D eigenvalue weighted by Gasteiger charge is -2.13. The molecule has 1 N–H and O–H groups in total. The topological polar surface area (TPSA) is 57.8 Å². The summed E-state index contributed by atoms with van der Waals surface area (Å²) in [6.45, 7) is 0. The van der Waals surface area contributed by atoms with E-state index in [1.54, 1.807) is 11.3 Å². The van der Waals surface area contributed by atoms with Gasteiger partial charge in [0.25, 0.3) is 5.91 Å². The van der Waals surface area contributed by atoms with Crippen molar-refractivity contribution in [1.82, 2.24) is 4.57 Å². The van der Waals surface area contributed by atoms with Crippen LogP contribution in [-0.2, 0) is 19.3 Å². The maximum absolute atomic E-state index is 13.1. The first kappa shape index (κ1) is 16.6. The zero-order chi connectivity index (χ0) is 17.9. The van der Waals surface area contributed by atoms with Crippen LogP contribution >= 0.6 is 11.3 Å². The van der Waals surface area contributed by atoms with Crippen LogP contribution in [0, 0.1) is 11.3 Å². The zero-order valence-corrected chi connectivity index (χ0v) is 15.2. The molecule has 0 radical (unpaired) electrons. The van der Waals surface area contributed by atoms with Gasteiger partial charge in [-0.3, -0.25) is 4.79 Å². The first-order valence-electron chi connectivity index (χ1n) is 8.81. The van der Waals surface area contributed by atoms with Gasteiger partial charge in [0, 0.05) is 23.0 Å². The van der Waals surface area contributed by atoms with Crippen molar-refractivity contribution in [3.8, 4) is 11.1 Å². The number of hydrogen-bond acceptors (Lipinski definition) is 3. The molecule has 2 heterocycles. The number of amides is 1. The number of nitriles is 1. The van der Waals surface area contributed by atoms with Crippen LogP contribution in [-0.4, -0.2) is 10.5 Å². The number of benzene rings is 1. The Bertz CT molecular complexity index is 962. The van der Waals surface area contributed by atoms with Crippen molar-refractivity contribution in [3.63, 3.8) is 0 Å². The number of fused-ring (bicyclic) bond motifs is 1. The summed E-state index contributed by atoms with van der Waals surface area (Å²) < 4.78 is 2.04.